The number of hydrogen-bond donors (Lipinski definition) is 1. The zero-order valence-corrected chi connectivity index (χ0v) is 22.1. The quantitative estimate of drug-likeness (QED) is 0.427. The van der Waals surface area contributed by atoms with Crippen molar-refractivity contribution >= 4 is 5.78 Å². The standard InChI is InChI=1S/C30H48O2/c1-24(2)13-14-25(3)15-17-27(5)21-11-12-29(7)20(9-10-23(31)30(29,8)32)26(21,4)16-18-28(27,6)22(25)19-24/h9-10,20-22,32H,11-19H2,1-8H3. The van der Waals surface area contributed by atoms with E-state index in [4.69, 9.17) is 0 Å². The van der Waals surface area contributed by atoms with Gasteiger partial charge in [-0.05, 0) is 116 Å². The number of ketones is 1. The summed E-state index contributed by atoms with van der Waals surface area (Å²) < 4.78 is 0. The molecule has 0 bridgehead atoms. The highest BCUT2D eigenvalue weighted by molar-refractivity contribution is 5.98. The second-order valence-corrected chi connectivity index (χ2v) is 15.2. The van der Waals surface area contributed by atoms with E-state index in [-0.39, 0.29) is 22.5 Å². The van der Waals surface area contributed by atoms with Crippen LogP contribution >= 0.6 is 0 Å². The smallest absolute Gasteiger partial charge is 0.187 e. The van der Waals surface area contributed by atoms with E-state index in [0.717, 1.165) is 18.8 Å². The van der Waals surface area contributed by atoms with Crippen LogP contribution in [0, 0.1) is 50.2 Å². The Bertz CT molecular complexity index is 868. The molecular formula is C30H48O2. The number of carbonyl (C=O) groups is 1. The third-order valence-electron chi connectivity index (χ3n) is 13.4. The fourth-order valence-corrected chi connectivity index (χ4v) is 10.6. The van der Waals surface area contributed by atoms with E-state index in [0.29, 0.717) is 27.6 Å². The van der Waals surface area contributed by atoms with E-state index in [1.165, 1.54) is 44.9 Å². The summed E-state index contributed by atoms with van der Waals surface area (Å²) in [7, 11) is 0. The predicted molar refractivity (Wildman–Crippen MR) is 131 cm³/mol. The second-order valence-electron chi connectivity index (χ2n) is 15.2. The Hall–Kier alpha value is -0.630. The summed E-state index contributed by atoms with van der Waals surface area (Å²) in [5.41, 5.74) is 0.224. The molecule has 5 rings (SSSR count). The van der Waals surface area contributed by atoms with E-state index in [2.05, 4.69) is 54.5 Å². The number of allylic oxidation sites excluding steroid dienone is 1. The molecular weight excluding hydrogens is 392 g/mol. The molecule has 0 aliphatic heterocycles. The minimum atomic E-state index is -1.25. The molecule has 4 saturated carbocycles. The van der Waals surface area contributed by atoms with Gasteiger partial charge >= 0.3 is 0 Å². The molecule has 0 spiro atoms. The van der Waals surface area contributed by atoms with Crippen molar-refractivity contribution in [2.75, 3.05) is 0 Å². The third-order valence-corrected chi connectivity index (χ3v) is 13.4. The lowest BCUT2D eigenvalue weighted by molar-refractivity contribution is -0.257. The first-order valence-electron chi connectivity index (χ1n) is 13.5. The van der Waals surface area contributed by atoms with Crippen molar-refractivity contribution in [2.45, 2.75) is 119 Å². The summed E-state index contributed by atoms with van der Waals surface area (Å²) in [5.74, 6) is 1.65. The summed E-state index contributed by atoms with van der Waals surface area (Å²) >= 11 is 0. The van der Waals surface area contributed by atoms with Crippen LogP contribution in [0.25, 0.3) is 0 Å². The molecule has 0 heterocycles. The highest BCUT2D eigenvalue weighted by atomic mass is 16.3. The van der Waals surface area contributed by atoms with Crippen LogP contribution in [0.5, 0.6) is 0 Å². The van der Waals surface area contributed by atoms with E-state index in [1.54, 1.807) is 13.0 Å². The highest BCUT2D eigenvalue weighted by Crippen LogP contribution is 2.78. The van der Waals surface area contributed by atoms with Gasteiger partial charge in [-0.3, -0.25) is 4.79 Å². The summed E-state index contributed by atoms with van der Waals surface area (Å²) in [5, 5.41) is 11.4. The molecule has 0 aromatic heterocycles. The first kappa shape index (κ1) is 23.1. The summed E-state index contributed by atoms with van der Waals surface area (Å²) in [6.07, 6.45) is 15.4. The number of rotatable bonds is 0. The Morgan fingerprint density at radius 3 is 2.03 bits per heavy atom. The van der Waals surface area contributed by atoms with E-state index < -0.39 is 5.60 Å². The molecule has 5 aliphatic carbocycles. The van der Waals surface area contributed by atoms with Gasteiger partial charge in [0, 0.05) is 5.41 Å². The van der Waals surface area contributed by atoms with Crippen molar-refractivity contribution in [3.63, 3.8) is 0 Å². The molecule has 32 heavy (non-hydrogen) atoms. The molecule has 0 amide bonds. The average Bonchev–Trinajstić information content (AvgIpc) is 2.69. The van der Waals surface area contributed by atoms with Crippen molar-refractivity contribution in [1.82, 2.24) is 0 Å². The van der Waals surface area contributed by atoms with E-state index in [9.17, 15) is 9.90 Å². The van der Waals surface area contributed by atoms with Gasteiger partial charge in [-0.1, -0.05) is 54.5 Å². The lowest BCUT2D eigenvalue weighted by Crippen LogP contribution is -2.69. The van der Waals surface area contributed by atoms with Crippen LogP contribution in [0.4, 0.5) is 0 Å². The Kier molecular flexibility index (Phi) is 4.57. The Balaban J connectivity index is 1.58. The molecule has 2 nitrogen and oxygen atoms in total. The fraction of sp³-hybridized carbons (Fsp3) is 0.900. The molecule has 0 aromatic rings. The van der Waals surface area contributed by atoms with Crippen molar-refractivity contribution in [3.05, 3.63) is 12.2 Å². The maximum Gasteiger partial charge on any atom is 0.187 e. The van der Waals surface area contributed by atoms with Crippen LogP contribution in [-0.2, 0) is 4.79 Å². The monoisotopic (exact) mass is 440 g/mol. The maximum atomic E-state index is 12.7. The molecule has 0 radical (unpaired) electrons. The van der Waals surface area contributed by atoms with Crippen molar-refractivity contribution in [1.29, 1.82) is 0 Å². The van der Waals surface area contributed by atoms with Gasteiger partial charge in [-0.25, -0.2) is 0 Å². The van der Waals surface area contributed by atoms with Crippen molar-refractivity contribution < 1.29 is 9.90 Å². The predicted octanol–water partition coefficient (Wildman–Crippen LogP) is 7.35. The van der Waals surface area contributed by atoms with Crippen LogP contribution in [-0.4, -0.2) is 16.5 Å². The van der Waals surface area contributed by atoms with Gasteiger partial charge in [-0.15, -0.1) is 0 Å². The maximum absolute atomic E-state index is 12.7. The van der Waals surface area contributed by atoms with Gasteiger partial charge in [0.15, 0.2) is 5.78 Å². The third kappa shape index (κ3) is 2.55. The lowest BCUT2D eigenvalue weighted by Gasteiger charge is -2.74. The second kappa shape index (κ2) is 6.32. The molecule has 0 saturated heterocycles. The topological polar surface area (TPSA) is 37.3 Å². The molecule has 1 N–H and O–H groups in total. The largest absolute Gasteiger partial charge is 0.381 e. The molecule has 0 aromatic carbocycles. The number of hydrogen-bond acceptors (Lipinski definition) is 2. The van der Waals surface area contributed by atoms with Gasteiger partial charge in [0.05, 0.1) is 0 Å². The van der Waals surface area contributed by atoms with Crippen LogP contribution in [0.3, 0.4) is 0 Å². The molecule has 9 atom stereocenters. The summed E-state index contributed by atoms with van der Waals surface area (Å²) in [6.45, 7) is 19.5. The van der Waals surface area contributed by atoms with Crippen LogP contribution in [0.1, 0.15) is 113 Å². The molecule has 180 valence electrons. The zero-order valence-electron chi connectivity index (χ0n) is 22.1. The highest BCUT2D eigenvalue weighted by Gasteiger charge is 2.71. The van der Waals surface area contributed by atoms with Gasteiger partial charge in [0.2, 0.25) is 0 Å². The zero-order chi connectivity index (χ0) is 23.6. The first-order valence-corrected chi connectivity index (χ1v) is 13.5. The number of aliphatic hydroxyl groups is 1. The van der Waals surface area contributed by atoms with Crippen molar-refractivity contribution in [3.8, 4) is 0 Å². The summed E-state index contributed by atoms with van der Waals surface area (Å²) in [4.78, 5) is 12.7. The van der Waals surface area contributed by atoms with Crippen LogP contribution < -0.4 is 0 Å². The molecule has 5 aliphatic rings. The van der Waals surface area contributed by atoms with Crippen LogP contribution in [0.15, 0.2) is 12.2 Å². The molecule has 2 heteroatoms. The van der Waals surface area contributed by atoms with Gasteiger partial charge in [0.25, 0.3) is 0 Å². The summed E-state index contributed by atoms with van der Waals surface area (Å²) in [6, 6.07) is 0. The number of carbonyl (C=O) groups excluding carboxylic acids is 1. The van der Waals surface area contributed by atoms with Gasteiger partial charge < -0.3 is 5.11 Å². The normalized spacial score (nSPS) is 58.9. The van der Waals surface area contributed by atoms with Crippen molar-refractivity contribution in [2.24, 2.45) is 50.2 Å². The Labute approximate surface area is 197 Å². The van der Waals surface area contributed by atoms with Gasteiger partial charge in [-0.2, -0.15) is 0 Å². The first-order chi connectivity index (χ1) is 14.6. The molecule has 9 unspecified atom stereocenters. The Morgan fingerprint density at radius 1 is 0.750 bits per heavy atom. The van der Waals surface area contributed by atoms with E-state index >= 15 is 0 Å². The Morgan fingerprint density at radius 2 is 1.34 bits per heavy atom. The number of fused-ring (bicyclic) bond motifs is 7. The van der Waals surface area contributed by atoms with Crippen LogP contribution in [0.2, 0.25) is 0 Å². The van der Waals surface area contributed by atoms with Gasteiger partial charge in [0.1, 0.15) is 5.60 Å². The minimum Gasteiger partial charge on any atom is -0.381 e. The lowest BCUT2D eigenvalue weighted by atomic mass is 9.30. The minimum absolute atomic E-state index is 0.0944. The fourth-order valence-electron chi connectivity index (χ4n) is 10.6. The molecule has 4 fully saturated rings. The SMILES string of the molecule is CC1(C)CCC2(C)CCC3(C)C4CCC5(C)C(C=CC(=O)C5(C)O)C4(C)CCC3(C)C2C1. The van der Waals surface area contributed by atoms with E-state index in [1.807, 2.05) is 0 Å². The average molecular weight is 441 g/mol.